The van der Waals surface area contributed by atoms with Gasteiger partial charge in [0, 0.05) is 13.0 Å². The molecule has 3 aromatic carbocycles. The normalized spacial score (nSPS) is 11.7. The maximum atomic E-state index is 13.0. The second kappa shape index (κ2) is 8.55. The van der Waals surface area contributed by atoms with Crippen LogP contribution < -0.4 is 4.72 Å². The highest BCUT2D eigenvalue weighted by molar-refractivity contribution is 7.92. The van der Waals surface area contributed by atoms with Crippen LogP contribution in [0, 0.1) is 13.8 Å². The van der Waals surface area contributed by atoms with Gasteiger partial charge in [0.25, 0.3) is 10.0 Å². The summed E-state index contributed by atoms with van der Waals surface area (Å²) in [5, 5.41) is 0. The predicted molar refractivity (Wildman–Crippen MR) is 126 cm³/mol. The van der Waals surface area contributed by atoms with Gasteiger partial charge in [-0.1, -0.05) is 36.4 Å². The van der Waals surface area contributed by atoms with Crippen LogP contribution >= 0.6 is 0 Å². The summed E-state index contributed by atoms with van der Waals surface area (Å²) < 4.78 is 31.0. The minimum atomic E-state index is -3.66. The first-order chi connectivity index (χ1) is 14.9. The monoisotopic (exact) mass is 433 g/mol. The number of imidazole rings is 1. The van der Waals surface area contributed by atoms with Crippen molar-refractivity contribution < 1.29 is 8.42 Å². The fourth-order valence-corrected chi connectivity index (χ4v) is 5.02. The SMILES string of the molecule is CCn1c(CCc2ccccc2NS(=O)(=O)c2ccc(C)c(C)c2)nc2ccccc21. The highest BCUT2D eigenvalue weighted by Gasteiger charge is 2.17. The average molecular weight is 434 g/mol. The average Bonchev–Trinajstić information content (AvgIpc) is 3.12. The molecule has 0 fully saturated rings. The molecular weight excluding hydrogens is 406 g/mol. The van der Waals surface area contributed by atoms with E-state index in [1.54, 1.807) is 12.1 Å². The first kappa shape index (κ1) is 21.1. The third-order valence-corrected chi connectivity index (χ3v) is 7.08. The molecule has 1 heterocycles. The van der Waals surface area contributed by atoms with Crippen LogP contribution in [0.4, 0.5) is 5.69 Å². The summed E-state index contributed by atoms with van der Waals surface area (Å²) in [7, 11) is -3.66. The Morgan fingerprint density at radius 2 is 1.65 bits per heavy atom. The molecule has 0 saturated carbocycles. The fourth-order valence-electron chi connectivity index (χ4n) is 3.84. The number of aryl methyl sites for hydroxylation is 5. The van der Waals surface area contributed by atoms with Crippen LogP contribution in [-0.2, 0) is 29.4 Å². The van der Waals surface area contributed by atoms with Crippen LogP contribution in [0.15, 0.2) is 71.6 Å². The van der Waals surface area contributed by atoms with E-state index in [1.807, 2.05) is 62.4 Å². The number of hydrogen-bond acceptors (Lipinski definition) is 3. The van der Waals surface area contributed by atoms with Crippen molar-refractivity contribution in [1.29, 1.82) is 0 Å². The number of anilines is 1. The Morgan fingerprint density at radius 3 is 2.42 bits per heavy atom. The molecule has 0 atom stereocenters. The summed E-state index contributed by atoms with van der Waals surface area (Å²) in [6, 6.07) is 20.9. The zero-order valence-electron chi connectivity index (χ0n) is 18.1. The van der Waals surface area contributed by atoms with E-state index < -0.39 is 10.0 Å². The second-order valence-corrected chi connectivity index (χ2v) is 9.45. The summed E-state index contributed by atoms with van der Waals surface area (Å²) in [6.45, 7) is 6.85. The van der Waals surface area contributed by atoms with Gasteiger partial charge in [-0.3, -0.25) is 4.72 Å². The van der Waals surface area contributed by atoms with Gasteiger partial charge >= 0.3 is 0 Å². The number of rotatable bonds is 7. The van der Waals surface area contributed by atoms with E-state index in [-0.39, 0.29) is 4.90 Å². The van der Waals surface area contributed by atoms with Crippen molar-refractivity contribution in [3.8, 4) is 0 Å². The molecule has 0 radical (unpaired) electrons. The molecule has 4 aromatic rings. The predicted octanol–water partition coefficient (Wildman–Crippen LogP) is 5.26. The molecule has 0 saturated heterocycles. The number of fused-ring (bicyclic) bond motifs is 1. The van der Waals surface area contributed by atoms with Gasteiger partial charge in [-0.15, -0.1) is 0 Å². The van der Waals surface area contributed by atoms with Gasteiger partial charge in [-0.2, -0.15) is 0 Å². The van der Waals surface area contributed by atoms with E-state index in [4.69, 9.17) is 4.98 Å². The van der Waals surface area contributed by atoms with Gasteiger partial charge in [0.15, 0.2) is 0 Å². The lowest BCUT2D eigenvalue weighted by Gasteiger charge is -2.14. The zero-order chi connectivity index (χ0) is 22.0. The Labute approximate surface area is 183 Å². The number of aromatic nitrogens is 2. The molecule has 0 unspecified atom stereocenters. The fraction of sp³-hybridized carbons (Fsp3) is 0.240. The third kappa shape index (κ3) is 4.35. The Balaban J connectivity index is 1.59. The van der Waals surface area contributed by atoms with E-state index >= 15 is 0 Å². The topological polar surface area (TPSA) is 64.0 Å². The third-order valence-electron chi connectivity index (χ3n) is 5.72. The number of para-hydroxylation sites is 3. The summed E-state index contributed by atoms with van der Waals surface area (Å²) >= 11 is 0. The first-order valence-electron chi connectivity index (χ1n) is 10.5. The van der Waals surface area contributed by atoms with Gasteiger partial charge in [0.05, 0.1) is 21.6 Å². The van der Waals surface area contributed by atoms with Gasteiger partial charge in [-0.05, 0) is 74.2 Å². The van der Waals surface area contributed by atoms with Crippen LogP contribution in [0.5, 0.6) is 0 Å². The smallest absolute Gasteiger partial charge is 0.261 e. The van der Waals surface area contributed by atoms with Gasteiger partial charge in [0.2, 0.25) is 0 Å². The minimum absolute atomic E-state index is 0.276. The van der Waals surface area contributed by atoms with E-state index in [2.05, 4.69) is 22.3 Å². The molecule has 6 heteroatoms. The maximum Gasteiger partial charge on any atom is 0.261 e. The number of benzene rings is 3. The number of hydrogen-bond donors (Lipinski definition) is 1. The molecule has 0 amide bonds. The Bertz CT molecular complexity index is 1340. The van der Waals surface area contributed by atoms with Crippen molar-refractivity contribution in [2.24, 2.45) is 0 Å². The standard InChI is InChI=1S/C25H27N3O2S/c1-4-28-24-12-8-7-11-23(24)26-25(28)16-14-20-9-5-6-10-22(20)27-31(29,30)21-15-13-18(2)19(3)17-21/h5-13,15,17,27H,4,14,16H2,1-3H3. The van der Waals surface area contributed by atoms with Crippen molar-refractivity contribution in [3.63, 3.8) is 0 Å². The molecule has 5 nitrogen and oxygen atoms in total. The molecule has 0 aliphatic carbocycles. The summed E-state index contributed by atoms with van der Waals surface area (Å²) in [4.78, 5) is 5.07. The van der Waals surface area contributed by atoms with Crippen molar-refractivity contribution in [1.82, 2.24) is 9.55 Å². The Morgan fingerprint density at radius 1 is 0.903 bits per heavy atom. The van der Waals surface area contributed by atoms with E-state index in [0.717, 1.165) is 46.5 Å². The number of sulfonamides is 1. The van der Waals surface area contributed by atoms with Crippen molar-refractivity contribution in [2.45, 2.75) is 45.1 Å². The van der Waals surface area contributed by atoms with Crippen molar-refractivity contribution >= 4 is 26.7 Å². The molecule has 160 valence electrons. The highest BCUT2D eigenvalue weighted by Crippen LogP contribution is 2.24. The second-order valence-electron chi connectivity index (χ2n) is 7.77. The van der Waals surface area contributed by atoms with Crippen LogP contribution in [0.3, 0.4) is 0 Å². The lowest BCUT2D eigenvalue weighted by Crippen LogP contribution is -2.15. The summed E-state index contributed by atoms with van der Waals surface area (Å²) in [6.07, 6.45) is 1.42. The quantitative estimate of drug-likeness (QED) is 0.432. The molecule has 31 heavy (non-hydrogen) atoms. The van der Waals surface area contributed by atoms with Gasteiger partial charge in [-0.25, -0.2) is 13.4 Å². The largest absolute Gasteiger partial charge is 0.328 e. The highest BCUT2D eigenvalue weighted by atomic mass is 32.2. The first-order valence-corrected chi connectivity index (χ1v) is 12.0. The van der Waals surface area contributed by atoms with Crippen molar-refractivity contribution in [3.05, 3.63) is 89.2 Å². The molecule has 4 rings (SSSR count). The Hall–Kier alpha value is -3.12. The van der Waals surface area contributed by atoms with Gasteiger partial charge in [0.1, 0.15) is 5.82 Å². The number of nitrogens with zero attached hydrogens (tertiary/aromatic N) is 2. The number of nitrogens with one attached hydrogen (secondary N) is 1. The molecule has 0 aliphatic rings. The molecule has 1 aromatic heterocycles. The van der Waals surface area contributed by atoms with Crippen LogP contribution in [-0.4, -0.2) is 18.0 Å². The maximum absolute atomic E-state index is 13.0. The van der Waals surface area contributed by atoms with E-state index in [1.165, 1.54) is 0 Å². The molecule has 0 aliphatic heterocycles. The summed E-state index contributed by atoms with van der Waals surface area (Å²) in [5.41, 5.74) is 5.70. The van der Waals surface area contributed by atoms with Gasteiger partial charge < -0.3 is 4.57 Å². The molecular formula is C25H27N3O2S. The minimum Gasteiger partial charge on any atom is -0.328 e. The molecule has 0 bridgehead atoms. The Kier molecular flexibility index (Phi) is 5.83. The van der Waals surface area contributed by atoms with Crippen molar-refractivity contribution in [2.75, 3.05) is 4.72 Å². The molecule has 1 N–H and O–H groups in total. The van der Waals surface area contributed by atoms with Crippen LogP contribution in [0.2, 0.25) is 0 Å². The van der Waals surface area contributed by atoms with Crippen LogP contribution in [0.25, 0.3) is 11.0 Å². The lowest BCUT2D eigenvalue weighted by molar-refractivity contribution is 0.601. The van der Waals surface area contributed by atoms with Crippen LogP contribution in [0.1, 0.15) is 29.4 Å². The zero-order valence-corrected chi connectivity index (χ0v) is 18.9. The van der Waals surface area contributed by atoms with E-state index in [9.17, 15) is 8.42 Å². The summed E-state index contributed by atoms with van der Waals surface area (Å²) in [5.74, 6) is 1.01. The lowest BCUT2D eigenvalue weighted by atomic mass is 10.1. The van der Waals surface area contributed by atoms with E-state index in [0.29, 0.717) is 12.1 Å². The molecule has 0 spiro atoms.